The number of hydrogen-bond acceptors (Lipinski definition) is 2. The van der Waals surface area contributed by atoms with Gasteiger partial charge < -0.3 is 5.32 Å². The second-order valence-electron chi connectivity index (χ2n) is 4.39. The van der Waals surface area contributed by atoms with Crippen molar-refractivity contribution < 1.29 is 9.18 Å². The highest BCUT2D eigenvalue weighted by atomic mass is 19.1. The van der Waals surface area contributed by atoms with Crippen LogP contribution in [0, 0.1) is 11.4 Å². The van der Waals surface area contributed by atoms with E-state index in [1.807, 2.05) is 20.8 Å². The molecule has 1 aromatic heterocycles. The van der Waals surface area contributed by atoms with E-state index in [4.69, 9.17) is 0 Å². The molecular formula is C11H15FN2O. The van der Waals surface area contributed by atoms with Gasteiger partial charge in [-0.25, -0.2) is 4.98 Å². The van der Waals surface area contributed by atoms with Gasteiger partial charge in [0.05, 0.1) is 0 Å². The Hall–Kier alpha value is -1.45. The zero-order valence-corrected chi connectivity index (χ0v) is 9.17. The molecule has 0 aliphatic rings. The Morgan fingerprint density at radius 2 is 2.20 bits per heavy atom. The molecule has 0 saturated carbocycles. The summed E-state index contributed by atoms with van der Waals surface area (Å²) in [5.41, 5.74) is -0.0614. The van der Waals surface area contributed by atoms with Crippen LogP contribution in [0.25, 0.3) is 0 Å². The number of rotatable bonds is 2. The van der Waals surface area contributed by atoms with Crippen molar-refractivity contribution in [1.82, 2.24) is 10.3 Å². The van der Waals surface area contributed by atoms with E-state index in [0.29, 0.717) is 5.56 Å². The number of carbonyl (C=O) groups excluding carboxylic acids is 1. The number of aromatic nitrogens is 1. The molecule has 1 aromatic rings. The van der Waals surface area contributed by atoms with Gasteiger partial charge in [-0.15, -0.1) is 0 Å². The molecule has 0 saturated heterocycles. The normalized spacial score (nSPS) is 11.2. The van der Waals surface area contributed by atoms with Gasteiger partial charge >= 0.3 is 0 Å². The molecule has 0 aromatic carbocycles. The molecule has 15 heavy (non-hydrogen) atoms. The SMILES string of the molecule is CC(C)(C)C(=O)NCc1cccnc1F. The number of halogens is 1. The molecule has 1 heterocycles. The van der Waals surface area contributed by atoms with Crippen molar-refractivity contribution in [3.8, 4) is 0 Å². The number of hydrogen-bond donors (Lipinski definition) is 1. The smallest absolute Gasteiger partial charge is 0.225 e. The van der Waals surface area contributed by atoms with Crippen LogP contribution in [0.5, 0.6) is 0 Å². The molecule has 0 atom stereocenters. The number of amides is 1. The van der Waals surface area contributed by atoms with Crippen LogP contribution < -0.4 is 5.32 Å². The maximum absolute atomic E-state index is 13.1. The van der Waals surface area contributed by atoms with E-state index >= 15 is 0 Å². The first-order valence-corrected chi connectivity index (χ1v) is 4.79. The maximum Gasteiger partial charge on any atom is 0.225 e. The summed E-state index contributed by atoms with van der Waals surface area (Å²) in [5.74, 6) is -0.641. The van der Waals surface area contributed by atoms with Crippen LogP contribution in [0.15, 0.2) is 18.3 Å². The Morgan fingerprint density at radius 3 is 2.73 bits per heavy atom. The fourth-order valence-corrected chi connectivity index (χ4v) is 0.992. The highest BCUT2D eigenvalue weighted by Crippen LogP contribution is 2.13. The van der Waals surface area contributed by atoms with Gasteiger partial charge in [0.15, 0.2) is 0 Å². The molecule has 0 fully saturated rings. The average Bonchev–Trinajstić information content (AvgIpc) is 2.14. The molecule has 0 unspecified atom stereocenters. The topological polar surface area (TPSA) is 42.0 Å². The maximum atomic E-state index is 13.1. The zero-order valence-electron chi connectivity index (χ0n) is 9.17. The summed E-state index contributed by atoms with van der Waals surface area (Å²) in [4.78, 5) is 15.0. The molecule has 0 radical (unpaired) electrons. The molecule has 0 aliphatic carbocycles. The van der Waals surface area contributed by atoms with Crippen LogP contribution in [0.4, 0.5) is 4.39 Å². The number of carbonyl (C=O) groups is 1. The minimum Gasteiger partial charge on any atom is -0.351 e. The van der Waals surface area contributed by atoms with Crippen molar-refractivity contribution in [2.75, 3.05) is 0 Å². The first-order valence-electron chi connectivity index (χ1n) is 4.79. The van der Waals surface area contributed by atoms with E-state index < -0.39 is 11.4 Å². The molecule has 1 rings (SSSR count). The summed E-state index contributed by atoms with van der Waals surface area (Å²) in [7, 11) is 0. The van der Waals surface area contributed by atoms with Crippen LogP contribution in [0.1, 0.15) is 26.3 Å². The van der Waals surface area contributed by atoms with E-state index in [0.717, 1.165) is 0 Å². The van der Waals surface area contributed by atoms with Crippen LogP contribution in [-0.2, 0) is 11.3 Å². The molecule has 0 spiro atoms. The Bertz CT molecular complexity index is 358. The summed E-state index contributed by atoms with van der Waals surface area (Å²) < 4.78 is 13.1. The van der Waals surface area contributed by atoms with Crippen LogP contribution in [0.2, 0.25) is 0 Å². The average molecular weight is 210 g/mol. The lowest BCUT2D eigenvalue weighted by molar-refractivity contribution is -0.128. The molecule has 3 nitrogen and oxygen atoms in total. The van der Waals surface area contributed by atoms with Crippen molar-refractivity contribution >= 4 is 5.91 Å². The first-order chi connectivity index (χ1) is 6.91. The fraction of sp³-hybridized carbons (Fsp3) is 0.455. The van der Waals surface area contributed by atoms with Crippen molar-refractivity contribution in [2.24, 2.45) is 5.41 Å². The standard InChI is InChI=1S/C11H15FN2O/c1-11(2,3)10(15)14-7-8-5-4-6-13-9(8)12/h4-6H,7H2,1-3H3,(H,14,15). The largest absolute Gasteiger partial charge is 0.351 e. The van der Waals surface area contributed by atoms with E-state index in [9.17, 15) is 9.18 Å². The molecule has 0 aliphatic heterocycles. The Morgan fingerprint density at radius 1 is 1.53 bits per heavy atom. The van der Waals surface area contributed by atoms with Crippen LogP contribution >= 0.6 is 0 Å². The molecule has 4 heteroatoms. The predicted molar refractivity (Wildman–Crippen MR) is 55.5 cm³/mol. The summed E-state index contributed by atoms with van der Waals surface area (Å²) in [6, 6.07) is 3.24. The molecule has 1 N–H and O–H groups in total. The van der Waals surface area contributed by atoms with Gasteiger partial charge in [0.1, 0.15) is 0 Å². The lowest BCUT2D eigenvalue weighted by Crippen LogP contribution is -2.34. The van der Waals surface area contributed by atoms with Crippen molar-refractivity contribution in [1.29, 1.82) is 0 Å². The van der Waals surface area contributed by atoms with E-state index in [-0.39, 0.29) is 12.5 Å². The van der Waals surface area contributed by atoms with E-state index in [2.05, 4.69) is 10.3 Å². The minimum absolute atomic E-state index is 0.106. The molecule has 82 valence electrons. The number of pyridine rings is 1. The lowest BCUT2D eigenvalue weighted by atomic mass is 9.96. The van der Waals surface area contributed by atoms with Gasteiger partial charge in [-0.05, 0) is 6.07 Å². The zero-order chi connectivity index (χ0) is 11.5. The second-order valence-corrected chi connectivity index (χ2v) is 4.39. The third kappa shape index (κ3) is 3.31. The Labute approximate surface area is 88.7 Å². The summed E-state index contributed by atoms with van der Waals surface area (Å²) >= 11 is 0. The van der Waals surface area contributed by atoms with Crippen molar-refractivity contribution in [3.63, 3.8) is 0 Å². The minimum atomic E-state index is -0.535. The predicted octanol–water partition coefficient (Wildman–Crippen LogP) is 1.88. The highest BCUT2D eigenvalue weighted by molar-refractivity contribution is 5.81. The van der Waals surface area contributed by atoms with Gasteiger partial charge in [0, 0.05) is 23.7 Å². The van der Waals surface area contributed by atoms with Gasteiger partial charge in [0.2, 0.25) is 11.9 Å². The Kier molecular flexibility index (Phi) is 3.39. The third-order valence-corrected chi connectivity index (χ3v) is 1.96. The van der Waals surface area contributed by atoms with Gasteiger partial charge in [-0.2, -0.15) is 4.39 Å². The van der Waals surface area contributed by atoms with Gasteiger partial charge in [-0.1, -0.05) is 26.8 Å². The second kappa shape index (κ2) is 4.38. The summed E-state index contributed by atoms with van der Waals surface area (Å²) in [6.07, 6.45) is 1.38. The quantitative estimate of drug-likeness (QED) is 0.757. The van der Waals surface area contributed by atoms with Crippen molar-refractivity contribution in [3.05, 3.63) is 29.8 Å². The van der Waals surface area contributed by atoms with Crippen molar-refractivity contribution in [2.45, 2.75) is 27.3 Å². The summed E-state index contributed by atoms with van der Waals surface area (Å²) in [6.45, 7) is 5.60. The van der Waals surface area contributed by atoms with Gasteiger partial charge in [0.25, 0.3) is 0 Å². The van der Waals surface area contributed by atoms with E-state index in [1.54, 1.807) is 12.1 Å². The molecule has 0 bridgehead atoms. The monoisotopic (exact) mass is 210 g/mol. The van der Waals surface area contributed by atoms with Crippen LogP contribution in [-0.4, -0.2) is 10.9 Å². The number of nitrogens with zero attached hydrogens (tertiary/aromatic N) is 1. The fourth-order valence-electron chi connectivity index (χ4n) is 0.992. The molecular weight excluding hydrogens is 195 g/mol. The third-order valence-electron chi connectivity index (χ3n) is 1.96. The highest BCUT2D eigenvalue weighted by Gasteiger charge is 2.20. The number of nitrogens with one attached hydrogen (secondary N) is 1. The van der Waals surface area contributed by atoms with Gasteiger partial charge in [-0.3, -0.25) is 4.79 Å². The Balaban J connectivity index is 2.59. The molecule has 1 amide bonds. The van der Waals surface area contributed by atoms with E-state index in [1.165, 1.54) is 6.20 Å². The van der Waals surface area contributed by atoms with Crippen LogP contribution in [0.3, 0.4) is 0 Å². The first kappa shape index (κ1) is 11.6. The lowest BCUT2D eigenvalue weighted by Gasteiger charge is -2.17. The summed E-state index contributed by atoms with van der Waals surface area (Å²) in [5, 5.41) is 2.66.